The molecule has 0 aliphatic carbocycles. The molecule has 1 aliphatic heterocycles. The number of nitrogens with zero attached hydrogens (tertiary/aromatic N) is 2. The quantitative estimate of drug-likeness (QED) is 0.413. The number of pyridine rings is 1. The standard InChI is InChI=1S/C25H27F2N3O3S/c26-25(27)33-20-6-4-18(5-7-20)24(32)30-13-9-17(10-14-30)3-1-2-11-29-23(31)21-15-19-8-12-28-16-22(19)34-21/h4-8,12,15-17,25H,1-3,9-11,13-14H2,(H,29,31). The van der Waals surface area contributed by atoms with Gasteiger partial charge >= 0.3 is 6.61 Å². The molecule has 0 saturated carbocycles. The fourth-order valence-corrected chi connectivity index (χ4v) is 5.18. The normalized spacial score (nSPS) is 14.5. The molecule has 1 fully saturated rings. The van der Waals surface area contributed by atoms with E-state index in [4.69, 9.17) is 0 Å². The summed E-state index contributed by atoms with van der Waals surface area (Å²) in [5, 5.41) is 4.03. The molecule has 9 heteroatoms. The van der Waals surface area contributed by atoms with Gasteiger partial charge in [0.15, 0.2) is 0 Å². The van der Waals surface area contributed by atoms with Crippen molar-refractivity contribution >= 4 is 33.2 Å². The first kappa shape index (κ1) is 24.1. The Balaban J connectivity index is 1.13. The molecule has 0 bridgehead atoms. The van der Waals surface area contributed by atoms with E-state index in [-0.39, 0.29) is 17.6 Å². The third-order valence-corrected chi connectivity index (χ3v) is 7.18. The van der Waals surface area contributed by atoms with Crippen LogP contribution in [-0.2, 0) is 0 Å². The number of nitrogens with one attached hydrogen (secondary N) is 1. The number of carbonyl (C=O) groups is 2. The summed E-state index contributed by atoms with van der Waals surface area (Å²) in [4.78, 5) is 31.6. The molecule has 0 spiro atoms. The van der Waals surface area contributed by atoms with Crippen LogP contribution in [0.2, 0.25) is 0 Å². The molecular weight excluding hydrogens is 460 g/mol. The molecule has 2 aromatic heterocycles. The Labute approximate surface area is 200 Å². The summed E-state index contributed by atoms with van der Waals surface area (Å²) in [6.07, 6.45) is 8.41. The van der Waals surface area contributed by atoms with Gasteiger partial charge in [-0.25, -0.2) is 0 Å². The van der Waals surface area contributed by atoms with Crippen LogP contribution < -0.4 is 10.1 Å². The van der Waals surface area contributed by atoms with Gasteiger partial charge in [-0.2, -0.15) is 8.78 Å². The number of rotatable bonds is 9. The summed E-state index contributed by atoms with van der Waals surface area (Å²) < 4.78 is 29.9. The molecule has 3 aromatic rings. The Bertz CT molecular complexity index is 1080. The fraction of sp³-hybridized carbons (Fsp3) is 0.400. The van der Waals surface area contributed by atoms with Crippen LogP contribution in [0.5, 0.6) is 5.75 Å². The zero-order valence-electron chi connectivity index (χ0n) is 18.7. The minimum Gasteiger partial charge on any atom is -0.435 e. The lowest BCUT2D eigenvalue weighted by molar-refractivity contribution is -0.0498. The van der Waals surface area contributed by atoms with E-state index in [1.54, 1.807) is 12.4 Å². The van der Waals surface area contributed by atoms with Crippen molar-refractivity contribution in [3.05, 3.63) is 59.2 Å². The SMILES string of the molecule is O=C(NCCCCC1CCN(C(=O)c2ccc(OC(F)F)cc2)CC1)c1cc2ccncc2s1. The zero-order valence-corrected chi connectivity index (χ0v) is 19.5. The summed E-state index contributed by atoms with van der Waals surface area (Å²) in [6.45, 7) is -0.850. The number of aromatic nitrogens is 1. The first-order chi connectivity index (χ1) is 16.5. The van der Waals surface area contributed by atoms with Crippen molar-refractivity contribution in [1.29, 1.82) is 0 Å². The number of benzene rings is 1. The predicted molar refractivity (Wildman–Crippen MR) is 128 cm³/mol. The molecule has 0 radical (unpaired) electrons. The van der Waals surface area contributed by atoms with Crippen LogP contribution in [-0.4, -0.2) is 47.9 Å². The highest BCUT2D eigenvalue weighted by atomic mass is 32.1. The summed E-state index contributed by atoms with van der Waals surface area (Å²) >= 11 is 1.45. The number of piperidine rings is 1. The van der Waals surface area contributed by atoms with E-state index in [1.807, 2.05) is 17.0 Å². The second kappa shape index (κ2) is 11.4. The molecule has 1 N–H and O–H groups in total. The Kier molecular flexibility index (Phi) is 8.05. The van der Waals surface area contributed by atoms with Crippen molar-refractivity contribution < 1.29 is 23.1 Å². The number of fused-ring (bicyclic) bond motifs is 1. The molecule has 1 aromatic carbocycles. The minimum atomic E-state index is -2.88. The van der Waals surface area contributed by atoms with Gasteiger partial charge in [-0.15, -0.1) is 11.3 Å². The Morgan fingerprint density at radius 3 is 2.62 bits per heavy atom. The highest BCUT2D eigenvalue weighted by molar-refractivity contribution is 7.20. The third kappa shape index (κ3) is 6.28. The molecule has 0 atom stereocenters. The average molecular weight is 488 g/mol. The second-order valence-corrected chi connectivity index (χ2v) is 9.50. The maximum Gasteiger partial charge on any atom is 0.387 e. The molecule has 1 saturated heterocycles. The van der Waals surface area contributed by atoms with Crippen LogP contribution in [0.25, 0.3) is 10.1 Å². The van der Waals surface area contributed by atoms with E-state index in [0.717, 1.165) is 42.2 Å². The number of ether oxygens (including phenoxy) is 1. The van der Waals surface area contributed by atoms with Gasteiger partial charge in [0.05, 0.1) is 9.58 Å². The van der Waals surface area contributed by atoms with E-state index in [2.05, 4.69) is 15.0 Å². The van der Waals surface area contributed by atoms with E-state index < -0.39 is 6.61 Å². The van der Waals surface area contributed by atoms with Gasteiger partial charge in [-0.05, 0) is 67.0 Å². The van der Waals surface area contributed by atoms with Gasteiger partial charge in [0.1, 0.15) is 5.75 Å². The van der Waals surface area contributed by atoms with Crippen LogP contribution in [0.4, 0.5) is 8.78 Å². The van der Waals surface area contributed by atoms with Crippen LogP contribution in [0.1, 0.15) is 52.1 Å². The van der Waals surface area contributed by atoms with E-state index in [1.165, 1.54) is 35.6 Å². The lowest BCUT2D eigenvalue weighted by Crippen LogP contribution is -2.38. The van der Waals surface area contributed by atoms with Gasteiger partial charge < -0.3 is 15.0 Å². The maximum atomic E-state index is 12.7. The topological polar surface area (TPSA) is 71.5 Å². The zero-order chi connectivity index (χ0) is 23.9. The number of unbranched alkanes of at least 4 members (excludes halogenated alkanes) is 1. The number of alkyl halides is 2. The molecule has 2 amide bonds. The van der Waals surface area contributed by atoms with Crippen LogP contribution in [0.15, 0.2) is 48.8 Å². The van der Waals surface area contributed by atoms with Gasteiger partial charge in [-0.3, -0.25) is 14.6 Å². The monoisotopic (exact) mass is 487 g/mol. The van der Waals surface area contributed by atoms with E-state index in [0.29, 0.717) is 36.0 Å². The third-order valence-electron chi connectivity index (χ3n) is 6.10. The molecule has 0 unspecified atom stereocenters. The Morgan fingerprint density at radius 2 is 1.91 bits per heavy atom. The highest BCUT2D eigenvalue weighted by Crippen LogP contribution is 2.25. The summed E-state index contributed by atoms with van der Waals surface area (Å²) in [7, 11) is 0. The first-order valence-corrected chi connectivity index (χ1v) is 12.3. The van der Waals surface area contributed by atoms with Gasteiger partial charge in [0.25, 0.3) is 11.8 Å². The van der Waals surface area contributed by atoms with Crippen molar-refractivity contribution in [2.75, 3.05) is 19.6 Å². The summed E-state index contributed by atoms with van der Waals surface area (Å²) in [5.41, 5.74) is 0.478. The highest BCUT2D eigenvalue weighted by Gasteiger charge is 2.23. The van der Waals surface area contributed by atoms with E-state index >= 15 is 0 Å². The number of hydrogen-bond donors (Lipinski definition) is 1. The fourth-order valence-electron chi connectivity index (χ4n) is 4.23. The Morgan fingerprint density at radius 1 is 1.15 bits per heavy atom. The van der Waals surface area contributed by atoms with Gasteiger partial charge in [0.2, 0.25) is 0 Å². The van der Waals surface area contributed by atoms with Gasteiger partial charge in [-0.1, -0.05) is 12.8 Å². The maximum absolute atomic E-state index is 12.7. The number of carbonyl (C=O) groups excluding carboxylic acids is 2. The molecule has 1 aliphatic rings. The van der Waals surface area contributed by atoms with Crippen molar-refractivity contribution in [1.82, 2.24) is 15.2 Å². The molecule has 4 rings (SSSR count). The van der Waals surface area contributed by atoms with Crippen LogP contribution >= 0.6 is 11.3 Å². The van der Waals surface area contributed by atoms with Crippen molar-refractivity contribution in [3.63, 3.8) is 0 Å². The largest absolute Gasteiger partial charge is 0.435 e. The number of hydrogen-bond acceptors (Lipinski definition) is 5. The molecule has 6 nitrogen and oxygen atoms in total. The van der Waals surface area contributed by atoms with Crippen molar-refractivity contribution in [2.45, 2.75) is 38.7 Å². The summed E-state index contributed by atoms with van der Waals surface area (Å²) in [5.74, 6) is 0.489. The average Bonchev–Trinajstić information content (AvgIpc) is 3.28. The lowest BCUT2D eigenvalue weighted by Gasteiger charge is -2.32. The number of amides is 2. The van der Waals surface area contributed by atoms with Crippen LogP contribution in [0.3, 0.4) is 0 Å². The molecule has 3 heterocycles. The van der Waals surface area contributed by atoms with Crippen molar-refractivity contribution in [2.24, 2.45) is 5.92 Å². The Hall–Kier alpha value is -3.07. The number of thiophene rings is 1. The van der Waals surface area contributed by atoms with E-state index in [9.17, 15) is 18.4 Å². The summed E-state index contributed by atoms with van der Waals surface area (Å²) in [6, 6.07) is 9.64. The predicted octanol–water partition coefficient (Wildman–Crippen LogP) is 5.35. The minimum absolute atomic E-state index is 0.0400. The number of likely N-dealkylation sites (tertiary alicyclic amines) is 1. The number of halogens is 2. The van der Waals surface area contributed by atoms with Gasteiger partial charge in [0, 0.05) is 37.6 Å². The molecule has 180 valence electrons. The smallest absolute Gasteiger partial charge is 0.387 e. The second-order valence-electron chi connectivity index (χ2n) is 8.41. The molecular formula is C25H27F2N3O3S. The first-order valence-electron chi connectivity index (χ1n) is 11.5. The van der Waals surface area contributed by atoms with Crippen LogP contribution in [0, 0.1) is 5.92 Å². The molecule has 34 heavy (non-hydrogen) atoms. The lowest BCUT2D eigenvalue weighted by atomic mass is 9.91. The van der Waals surface area contributed by atoms with Crippen molar-refractivity contribution in [3.8, 4) is 5.75 Å².